The maximum atomic E-state index is 12.2. The van der Waals surface area contributed by atoms with E-state index in [-0.39, 0.29) is 5.91 Å². The number of hydrazone groups is 1. The fourth-order valence-corrected chi connectivity index (χ4v) is 2.44. The Labute approximate surface area is 165 Å². The number of hydrogen-bond donors (Lipinski definition) is 1. The standard InChI is InChI=1S/C21H26N2O5/c1-5-6-11-28-17-9-7-16(8-10-17)21(24)23-22-14-15-12-18(25-2)20(27-4)19(13-15)26-3/h7-10,12-14H,5-6,11H2,1-4H3,(H,23,24)/b22-14-. The molecular formula is C21H26N2O5. The number of hydrogen-bond acceptors (Lipinski definition) is 6. The molecule has 7 heteroatoms. The van der Waals surface area contributed by atoms with Crippen LogP contribution in [0.1, 0.15) is 35.7 Å². The molecule has 0 saturated heterocycles. The molecule has 150 valence electrons. The van der Waals surface area contributed by atoms with Crippen LogP contribution in [0.15, 0.2) is 41.5 Å². The number of carbonyl (C=O) groups excluding carboxylic acids is 1. The number of rotatable bonds is 10. The van der Waals surface area contributed by atoms with Crippen LogP contribution in [0.25, 0.3) is 0 Å². The first kappa shape index (κ1) is 21.1. The third-order valence-electron chi connectivity index (χ3n) is 3.95. The molecule has 2 rings (SSSR count). The van der Waals surface area contributed by atoms with E-state index >= 15 is 0 Å². The van der Waals surface area contributed by atoms with Gasteiger partial charge in [0.05, 0.1) is 34.2 Å². The molecule has 7 nitrogen and oxygen atoms in total. The Balaban J connectivity index is 2.01. The summed E-state index contributed by atoms with van der Waals surface area (Å²) in [4.78, 5) is 12.2. The number of benzene rings is 2. The van der Waals surface area contributed by atoms with Gasteiger partial charge >= 0.3 is 0 Å². The molecule has 2 aromatic rings. The maximum Gasteiger partial charge on any atom is 0.271 e. The summed E-state index contributed by atoms with van der Waals surface area (Å²) in [7, 11) is 4.61. The van der Waals surface area contributed by atoms with Gasteiger partial charge in [0.15, 0.2) is 11.5 Å². The Morgan fingerprint density at radius 1 is 1.04 bits per heavy atom. The lowest BCUT2D eigenvalue weighted by atomic mass is 10.2. The van der Waals surface area contributed by atoms with E-state index in [2.05, 4.69) is 17.5 Å². The lowest BCUT2D eigenvalue weighted by molar-refractivity contribution is 0.0955. The van der Waals surface area contributed by atoms with Crippen LogP contribution in [0.4, 0.5) is 0 Å². The zero-order valence-electron chi connectivity index (χ0n) is 16.7. The van der Waals surface area contributed by atoms with Crippen molar-refractivity contribution in [3.63, 3.8) is 0 Å². The van der Waals surface area contributed by atoms with E-state index in [4.69, 9.17) is 18.9 Å². The smallest absolute Gasteiger partial charge is 0.271 e. The summed E-state index contributed by atoms with van der Waals surface area (Å²) in [6.45, 7) is 2.77. The molecule has 0 spiro atoms. The van der Waals surface area contributed by atoms with Gasteiger partial charge in [0, 0.05) is 11.1 Å². The number of ether oxygens (including phenoxy) is 4. The minimum Gasteiger partial charge on any atom is -0.494 e. The number of amides is 1. The van der Waals surface area contributed by atoms with E-state index < -0.39 is 0 Å². The number of methoxy groups -OCH3 is 3. The summed E-state index contributed by atoms with van der Waals surface area (Å²) in [5, 5.41) is 4.00. The zero-order valence-corrected chi connectivity index (χ0v) is 16.7. The first-order valence-corrected chi connectivity index (χ1v) is 8.99. The van der Waals surface area contributed by atoms with E-state index in [9.17, 15) is 4.79 Å². The van der Waals surface area contributed by atoms with Crippen molar-refractivity contribution >= 4 is 12.1 Å². The molecule has 28 heavy (non-hydrogen) atoms. The Hall–Kier alpha value is -3.22. The fourth-order valence-electron chi connectivity index (χ4n) is 2.44. The van der Waals surface area contributed by atoms with Gasteiger partial charge in [-0.15, -0.1) is 0 Å². The largest absolute Gasteiger partial charge is 0.494 e. The second kappa shape index (κ2) is 10.8. The summed E-state index contributed by atoms with van der Waals surface area (Å²) in [6, 6.07) is 10.4. The van der Waals surface area contributed by atoms with Gasteiger partial charge in [-0.25, -0.2) is 5.43 Å². The lowest BCUT2D eigenvalue weighted by Crippen LogP contribution is -2.17. The molecule has 0 saturated carbocycles. The zero-order chi connectivity index (χ0) is 20.4. The first-order valence-electron chi connectivity index (χ1n) is 8.99. The topological polar surface area (TPSA) is 78.4 Å². The number of carbonyl (C=O) groups is 1. The van der Waals surface area contributed by atoms with Crippen LogP contribution in [0.2, 0.25) is 0 Å². The highest BCUT2D eigenvalue weighted by molar-refractivity contribution is 5.95. The number of unbranched alkanes of at least 4 members (excludes halogenated alkanes) is 1. The summed E-state index contributed by atoms with van der Waals surface area (Å²) >= 11 is 0. The average Bonchev–Trinajstić information content (AvgIpc) is 2.73. The monoisotopic (exact) mass is 386 g/mol. The second-order valence-electron chi connectivity index (χ2n) is 5.88. The average molecular weight is 386 g/mol. The van der Waals surface area contributed by atoms with Crippen molar-refractivity contribution < 1.29 is 23.7 Å². The normalized spacial score (nSPS) is 10.6. The van der Waals surface area contributed by atoms with Gasteiger partial charge < -0.3 is 18.9 Å². The summed E-state index contributed by atoms with van der Waals surface area (Å²) in [5.41, 5.74) is 3.68. The van der Waals surface area contributed by atoms with Crippen LogP contribution in [0.5, 0.6) is 23.0 Å². The SMILES string of the molecule is CCCCOc1ccc(C(=O)N/N=C\c2cc(OC)c(OC)c(OC)c2)cc1. The van der Waals surface area contributed by atoms with Gasteiger partial charge in [-0.3, -0.25) is 4.79 Å². The molecule has 0 aromatic heterocycles. The molecule has 0 unspecified atom stereocenters. The molecule has 0 radical (unpaired) electrons. The second-order valence-corrected chi connectivity index (χ2v) is 5.88. The van der Waals surface area contributed by atoms with Gasteiger partial charge in [0.25, 0.3) is 5.91 Å². The molecule has 1 N–H and O–H groups in total. The Morgan fingerprint density at radius 2 is 1.68 bits per heavy atom. The fraction of sp³-hybridized carbons (Fsp3) is 0.333. The minimum absolute atomic E-state index is 0.316. The molecule has 0 aliphatic carbocycles. The van der Waals surface area contributed by atoms with E-state index in [1.807, 2.05) is 0 Å². The van der Waals surface area contributed by atoms with Gasteiger partial charge in [-0.2, -0.15) is 5.10 Å². The Bertz CT molecular complexity index is 778. The van der Waals surface area contributed by atoms with Crippen LogP contribution in [0.3, 0.4) is 0 Å². The Kier molecular flexibility index (Phi) is 8.14. The molecule has 0 fully saturated rings. The lowest BCUT2D eigenvalue weighted by Gasteiger charge is -2.12. The molecule has 1 amide bonds. The third-order valence-corrected chi connectivity index (χ3v) is 3.95. The Morgan fingerprint density at radius 3 is 2.21 bits per heavy atom. The number of nitrogens with one attached hydrogen (secondary N) is 1. The molecule has 0 atom stereocenters. The summed E-state index contributed by atoms with van der Waals surface area (Å²) < 4.78 is 21.5. The highest BCUT2D eigenvalue weighted by Crippen LogP contribution is 2.37. The van der Waals surface area contributed by atoms with Crippen molar-refractivity contribution in [1.82, 2.24) is 5.43 Å². The van der Waals surface area contributed by atoms with Crippen LogP contribution in [0, 0.1) is 0 Å². The van der Waals surface area contributed by atoms with E-state index in [0.717, 1.165) is 18.6 Å². The van der Waals surface area contributed by atoms with E-state index in [1.165, 1.54) is 27.5 Å². The van der Waals surface area contributed by atoms with Crippen LogP contribution in [-0.4, -0.2) is 40.1 Å². The first-order chi connectivity index (χ1) is 13.6. The van der Waals surface area contributed by atoms with Gasteiger partial charge in [-0.1, -0.05) is 13.3 Å². The van der Waals surface area contributed by atoms with E-state index in [1.54, 1.807) is 36.4 Å². The van der Waals surface area contributed by atoms with Crippen molar-refractivity contribution in [1.29, 1.82) is 0 Å². The summed E-state index contributed by atoms with van der Waals surface area (Å²) in [6.07, 6.45) is 3.58. The maximum absolute atomic E-state index is 12.2. The van der Waals surface area contributed by atoms with Crippen molar-refractivity contribution in [2.24, 2.45) is 5.10 Å². The van der Waals surface area contributed by atoms with Gasteiger partial charge in [0.1, 0.15) is 5.75 Å². The molecule has 0 aliphatic heterocycles. The molecule has 0 aliphatic rings. The third kappa shape index (κ3) is 5.64. The quantitative estimate of drug-likeness (QED) is 0.383. The van der Waals surface area contributed by atoms with E-state index in [0.29, 0.717) is 35.0 Å². The molecule has 2 aromatic carbocycles. The highest BCUT2D eigenvalue weighted by atomic mass is 16.5. The molecule has 0 bridgehead atoms. The van der Waals surface area contributed by atoms with Crippen molar-refractivity contribution in [3.8, 4) is 23.0 Å². The predicted octanol–water partition coefficient (Wildman–Crippen LogP) is 3.66. The summed E-state index contributed by atoms with van der Waals surface area (Å²) in [5.74, 6) is 1.93. The number of nitrogens with zero attached hydrogens (tertiary/aromatic N) is 1. The van der Waals surface area contributed by atoms with Crippen LogP contribution in [-0.2, 0) is 0 Å². The van der Waals surface area contributed by atoms with Gasteiger partial charge in [-0.05, 0) is 42.8 Å². The molecular weight excluding hydrogens is 360 g/mol. The highest BCUT2D eigenvalue weighted by Gasteiger charge is 2.12. The minimum atomic E-state index is -0.316. The molecule has 0 heterocycles. The van der Waals surface area contributed by atoms with Gasteiger partial charge in [0.2, 0.25) is 5.75 Å². The van der Waals surface area contributed by atoms with Crippen molar-refractivity contribution in [3.05, 3.63) is 47.5 Å². The van der Waals surface area contributed by atoms with Crippen molar-refractivity contribution in [2.75, 3.05) is 27.9 Å². The van der Waals surface area contributed by atoms with Crippen LogP contribution < -0.4 is 24.4 Å². The van der Waals surface area contributed by atoms with Crippen LogP contribution >= 0.6 is 0 Å². The predicted molar refractivity (Wildman–Crippen MR) is 108 cm³/mol. The van der Waals surface area contributed by atoms with Crippen molar-refractivity contribution in [2.45, 2.75) is 19.8 Å².